The van der Waals surface area contributed by atoms with Gasteiger partial charge in [-0.1, -0.05) is 24.3 Å². The van der Waals surface area contributed by atoms with Crippen molar-refractivity contribution in [3.8, 4) is 0 Å². The molecular formula is C14H19ClN2O2. The molecule has 1 fully saturated rings. The molecule has 1 spiro atoms. The zero-order chi connectivity index (χ0) is 12.6. The fraction of sp³-hybridized carbons (Fsp3) is 0.500. The summed E-state index contributed by atoms with van der Waals surface area (Å²) in [6, 6.07) is 8.40. The fourth-order valence-corrected chi connectivity index (χ4v) is 3.26. The van der Waals surface area contributed by atoms with E-state index in [0.29, 0.717) is 6.61 Å². The normalized spacial score (nSPS) is 28.6. The molecule has 1 aromatic carbocycles. The standard InChI is InChI=1S/C14H18N2O2.ClH/c15-16-13(17)10-5-7-14(8-6-10)12-4-2-1-3-11(12)9-18-14;/h1-4,10H,5-9,15H2,(H,16,17);1H. The topological polar surface area (TPSA) is 64.3 Å². The molecule has 104 valence electrons. The summed E-state index contributed by atoms with van der Waals surface area (Å²) in [5, 5.41) is 0. The van der Waals surface area contributed by atoms with Crippen LogP contribution >= 0.6 is 12.4 Å². The molecule has 1 saturated carbocycles. The summed E-state index contributed by atoms with van der Waals surface area (Å²) in [6.07, 6.45) is 3.50. The van der Waals surface area contributed by atoms with E-state index in [0.717, 1.165) is 25.7 Å². The number of fused-ring (bicyclic) bond motifs is 2. The van der Waals surface area contributed by atoms with Gasteiger partial charge in [-0.3, -0.25) is 10.2 Å². The van der Waals surface area contributed by atoms with Crippen LogP contribution in [0.5, 0.6) is 0 Å². The number of carbonyl (C=O) groups excluding carboxylic acids is 1. The Morgan fingerprint density at radius 1 is 1.32 bits per heavy atom. The summed E-state index contributed by atoms with van der Waals surface area (Å²) in [7, 11) is 0. The van der Waals surface area contributed by atoms with Crippen LogP contribution in [0, 0.1) is 5.92 Å². The Morgan fingerprint density at radius 2 is 2.00 bits per heavy atom. The molecule has 2 aliphatic rings. The summed E-state index contributed by atoms with van der Waals surface area (Å²) in [5.74, 6) is 5.19. The minimum absolute atomic E-state index is 0. The minimum atomic E-state index is -0.151. The van der Waals surface area contributed by atoms with Crippen LogP contribution < -0.4 is 11.3 Å². The summed E-state index contributed by atoms with van der Waals surface area (Å²) >= 11 is 0. The molecule has 1 aliphatic heterocycles. The fourth-order valence-electron chi connectivity index (χ4n) is 3.26. The number of rotatable bonds is 1. The molecule has 1 aliphatic carbocycles. The van der Waals surface area contributed by atoms with E-state index < -0.39 is 0 Å². The smallest absolute Gasteiger partial charge is 0.236 e. The van der Waals surface area contributed by atoms with Gasteiger partial charge in [0.1, 0.15) is 0 Å². The maximum absolute atomic E-state index is 11.5. The predicted octanol–water partition coefficient (Wildman–Crippen LogP) is 2.01. The first kappa shape index (κ1) is 14.3. The van der Waals surface area contributed by atoms with E-state index in [2.05, 4.69) is 29.7 Å². The lowest BCUT2D eigenvalue weighted by Crippen LogP contribution is -2.40. The van der Waals surface area contributed by atoms with Crippen molar-refractivity contribution in [1.29, 1.82) is 0 Å². The van der Waals surface area contributed by atoms with Crippen LogP contribution in [0.3, 0.4) is 0 Å². The van der Waals surface area contributed by atoms with Crippen molar-refractivity contribution >= 4 is 18.3 Å². The molecule has 1 amide bonds. The third-order valence-corrected chi connectivity index (χ3v) is 4.32. The van der Waals surface area contributed by atoms with Crippen molar-refractivity contribution in [2.45, 2.75) is 37.9 Å². The van der Waals surface area contributed by atoms with E-state index in [9.17, 15) is 4.79 Å². The first-order valence-corrected chi connectivity index (χ1v) is 6.48. The predicted molar refractivity (Wildman–Crippen MR) is 74.4 cm³/mol. The highest BCUT2D eigenvalue weighted by Gasteiger charge is 2.43. The maximum atomic E-state index is 11.5. The first-order chi connectivity index (χ1) is 8.75. The Bertz CT molecular complexity index is 470. The second-order valence-electron chi connectivity index (χ2n) is 5.22. The monoisotopic (exact) mass is 282 g/mol. The SMILES string of the molecule is Cl.NNC(=O)C1CCC2(CC1)OCc1ccccc12. The van der Waals surface area contributed by atoms with Crippen molar-refractivity contribution in [2.24, 2.45) is 11.8 Å². The van der Waals surface area contributed by atoms with E-state index in [1.165, 1.54) is 11.1 Å². The van der Waals surface area contributed by atoms with Gasteiger partial charge >= 0.3 is 0 Å². The molecule has 4 nitrogen and oxygen atoms in total. The maximum Gasteiger partial charge on any atom is 0.236 e. The Balaban J connectivity index is 0.00000133. The average Bonchev–Trinajstić information content (AvgIpc) is 2.78. The molecule has 3 N–H and O–H groups in total. The van der Waals surface area contributed by atoms with Gasteiger partial charge in [-0.2, -0.15) is 0 Å². The van der Waals surface area contributed by atoms with Crippen LogP contribution in [-0.2, 0) is 21.7 Å². The van der Waals surface area contributed by atoms with E-state index in [1.54, 1.807) is 0 Å². The molecule has 5 heteroatoms. The second-order valence-corrected chi connectivity index (χ2v) is 5.22. The lowest BCUT2D eigenvalue weighted by molar-refractivity contribution is -0.130. The average molecular weight is 283 g/mol. The van der Waals surface area contributed by atoms with Crippen LogP contribution in [-0.4, -0.2) is 5.91 Å². The van der Waals surface area contributed by atoms with E-state index in [4.69, 9.17) is 10.6 Å². The molecule has 1 heterocycles. The lowest BCUT2D eigenvalue weighted by Gasteiger charge is -2.36. The number of ether oxygens (including phenoxy) is 1. The largest absolute Gasteiger partial charge is 0.366 e. The van der Waals surface area contributed by atoms with Crippen molar-refractivity contribution in [1.82, 2.24) is 5.43 Å². The van der Waals surface area contributed by atoms with Crippen molar-refractivity contribution in [2.75, 3.05) is 0 Å². The Kier molecular flexibility index (Phi) is 4.13. The van der Waals surface area contributed by atoms with E-state index in [1.807, 2.05) is 0 Å². The van der Waals surface area contributed by atoms with Crippen molar-refractivity contribution < 1.29 is 9.53 Å². The molecule has 0 saturated heterocycles. The first-order valence-electron chi connectivity index (χ1n) is 6.48. The highest BCUT2D eigenvalue weighted by atomic mass is 35.5. The molecule has 1 aromatic rings. The van der Waals surface area contributed by atoms with Crippen LogP contribution in [0.4, 0.5) is 0 Å². The van der Waals surface area contributed by atoms with Gasteiger partial charge in [0.25, 0.3) is 0 Å². The number of carbonyl (C=O) groups is 1. The van der Waals surface area contributed by atoms with Crippen LogP contribution in [0.25, 0.3) is 0 Å². The number of nitrogens with one attached hydrogen (secondary N) is 1. The minimum Gasteiger partial charge on any atom is -0.366 e. The second kappa shape index (κ2) is 5.49. The quantitative estimate of drug-likeness (QED) is 0.470. The number of hydrogen-bond acceptors (Lipinski definition) is 3. The zero-order valence-electron chi connectivity index (χ0n) is 10.7. The molecule has 0 atom stereocenters. The van der Waals surface area contributed by atoms with Gasteiger partial charge in [-0.25, -0.2) is 5.84 Å². The number of amides is 1. The zero-order valence-corrected chi connectivity index (χ0v) is 11.5. The van der Waals surface area contributed by atoms with Gasteiger partial charge in [-0.15, -0.1) is 12.4 Å². The van der Waals surface area contributed by atoms with Gasteiger partial charge < -0.3 is 4.74 Å². The number of nitrogens with two attached hydrogens (primary N) is 1. The van der Waals surface area contributed by atoms with Gasteiger partial charge in [0, 0.05) is 5.92 Å². The highest BCUT2D eigenvalue weighted by Crippen LogP contribution is 2.47. The summed E-state index contributed by atoms with van der Waals surface area (Å²) in [6.45, 7) is 0.698. The lowest BCUT2D eigenvalue weighted by atomic mass is 9.75. The van der Waals surface area contributed by atoms with Crippen LogP contribution in [0.1, 0.15) is 36.8 Å². The van der Waals surface area contributed by atoms with Gasteiger partial charge in [0.2, 0.25) is 5.91 Å². The third kappa shape index (κ3) is 2.36. The number of benzene rings is 1. The van der Waals surface area contributed by atoms with E-state index in [-0.39, 0.29) is 29.8 Å². The van der Waals surface area contributed by atoms with Crippen LogP contribution in [0.2, 0.25) is 0 Å². The molecule has 0 bridgehead atoms. The molecule has 3 rings (SSSR count). The number of hydrogen-bond donors (Lipinski definition) is 2. The van der Waals surface area contributed by atoms with Crippen LogP contribution in [0.15, 0.2) is 24.3 Å². The third-order valence-electron chi connectivity index (χ3n) is 4.32. The molecule has 19 heavy (non-hydrogen) atoms. The summed E-state index contributed by atoms with van der Waals surface area (Å²) in [4.78, 5) is 11.5. The van der Waals surface area contributed by atoms with Crippen molar-refractivity contribution in [3.63, 3.8) is 0 Å². The van der Waals surface area contributed by atoms with Crippen molar-refractivity contribution in [3.05, 3.63) is 35.4 Å². The number of hydrazine groups is 1. The van der Waals surface area contributed by atoms with Gasteiger partial charge in [0.05, 0.1) is 12.2 Å². The summed E-state index contributed by atoms with van der Waals surface area (Å²) in [5.41, 5.74) is 4.71. The molecule has 0 radical (unpaired) electrons. The number of halogens is 1. The van der Waals surface area contributed by atoms with Gasteiger partial charge in [-0.05, 0) is 36.8 Å². The Morgan fingerprint density at radius 3 is 2.68 bits per heavy atom. The Hall–Kier alpha value is -1.10. The summed E-state index contributed by atoms with van der Waals surface area (Å²) < 4.78 is 6.05. The van der Waals surface area contributed by atoms with E-state index >= 15 is 0 Å². The molecule has 0 unspecified atom stereocenters. The highest BCUT2D eigenvalue weighted by molar-refractivity contribution is 5.85. The van der Waals surface area contributed by atoms with Gasteiger partial charge in [0.15, 0.2) is 0 Å². The Labute approximate surface area is 119 Å². The molecular weight excluding hydrogens is 264 g/mol. The molecule has 0 aromatic heterocycles.